The van der Waals surface area contributed by atoms with Crippen LogP contribution in [-0.2, 0) is 19.5 Å². The fourth-order valence-corrected chi connectivity index (χ4v) is 2.47. The van der Waals surface area contributed by atoms with Crippen LogP contribution in [-0.4, -0.2) is 40.4 Å². The summed E-state index contributed by atoms with van der Waals surface area (Å²) in [5.41, 5.74) is 2.57. The summed E-state index contributed by atoms with van der Waals surface area (Å²) in [6.45, 7) is 12.0. The summed E-state index contributed by atoms with van der Waals surface area (Å²) >= 11 is 0. The minimum Gasteiger partial charge on any atom is -0.312 e. The van der Waals surface area contributed by atoms with Crippen LogP contribution in [0, 0.1) is 0 Å². The number of hydrogen-bond donors (Lipinski definition) is 1. The molecule has 1 aliphatic heterocycles. The molecule has 1 aromatic rings. The Morgan fingerprint density at radius 2 is 2.29 bits per heavy atom. The van der Waals surface area contributed by atoms with Gasteiger partial charge in [0.25, 0.3) is 0 Å². The third kappa shape index (κ3) is 3.07. The van der Waals surface area contributed by atoms with E-state index in [-0.39, 0.29) is 0 Å². The predicted molar refractivity (Wildman–Crippen MR) is 70.0 cm³/mol. The standard InChI is InChI=1S/C13H24N4/c1-4-12-8-13(17(5-2)15-12)10-16-7-6-14-11(3)9-16/h8,11,14H,4-7,9-10H2,1-3H3/t11-/m1/s1. The molecule has 4 heteroatoms. The van der Waals surface area contributed by atoms with Gasteiger partial charge in [-0.05, 0) is 26.3 Å². The third-order valence-electron chi connectivity index (χ3n) is 3.41. The molecule has 0 aromatic carbocycles. The lowest BCUT2D eigenvalue weighted by molar-refractivity contribution is 0.194. The first-order valence-electron chi connectivity index (χ1n) is 6.74. The Bertz CT molecular complexity index is 358. The van der Waals surface area contributed by atoms with Crippen LogP contribution >= 0.6 is 0 Å². The fourth-order valence-electron chi connectivity index (χ4n) is 2.47. The molecule has 1 N–H and O–H groups in total. The predicted octanol–water partition coefficient (Wildman–Crippen LogP) is 1.26. The summed E-state index contributed by atoms with van der Waals surface area (Å²) in [4.78, 5) is 2.52. The molecule has 0 saturated carbocycles. The molecule has 4 nitrogen and oxygen atoms in total. The highest BCUT2D eigenvalue weighted by Crippen LogP contribution is 2.10. The van der Waals surface area contributed by atoms with E-state index in [2.05, 4.69) is 46.8 Å². The van der Waals surface area contributed by atoms with Crippen LogP contribution in [0.25, 0.3) is 0 Å². The van der Waals surface area contributed by atoms with Gasteiger partial charge in [-0.1, -0.05) is 6.92 Å². The molecule has 0 bridgehead atoms. The van der Waals surface area contributed by atoms with E-state index in [9.17, 15) is 0 Å². The number of rotatable bonds is 4. The number of nitrogens with one attached hydrogen (secondary N) is 1. The van der Waals surface area contributed by atoms with E-state index in [1.54, 1.807) is 0 Å². The second kappa shape index (κ2) is 5.65. The van der Waals surface area contributed by atoms with Crippen LogP contribution in [0.2, 0.25) is 0 Å². The van der Waals surface area contributed by atoms with Crippen molar-refractivity contribution in [2.75, 3.05) is 19.6 Å². The van der Waals surface area contributed by atoms with E-state index in [0.717, 1.165) is 39.1 Å². The van der Waals surface area contributed by atoms with Crippen molar-refractivity contribution in [3.05, 3.63) is 17.5 Å². The summed E-state index contributed by atoms with van der Waals surface area (Å²) in [6.07, 6.45) is 1.03. The fraction of sp³-hybridized carbons (Fsp3) is 0.769. The van der Waals surface area contributed by atoms with Crippen LogP contribution in [0.5, 0.6) is 0 Å². The summed E-state index contributed by atoms with van der Waals surface area (Å²) in [7, 11) is 0. The van der Waals surface area contributed by atoms with Gasteiger partial charge in [0.1, 0.15) is 0 Å². The minimum atomic E-state index is 0.604. The maximum Gasteiger partial charge on any atom is 0.0625 e. The Balaban J connectivity index is 2.03. The molecule has 17 heavy (non-hydrogen) atoms. The number of piperazine rings is 1. The van der Waals surface area contributed by atoms with Crippen molar-refractivity contribution < 1.29 is 0 Å². The van der Waals surface area contributed by atoms with E-state index >= 15 is 0 Å². The van der Waals surface area contributed by atoms with Gasteiger partial charge < -0.3 is 5.32 Å². The zero-order chi connectivity index (χ0) is 12.3. The summed E-state index contributed by atoms with van der Waals surface area (Å²) in [6, 6.07) is 2.86. The van der Waals surface area contributed by atoms with E-state index in [0.29, 0.717) is 6.04 Å². The van der Waals surface area contributed by atoms with Gasteiger partial charge in [0.05, 0.1) is 11.4 Å². The Hall–Kier alpha value is -0.870. The largest absolute Gasteiger partial charge is 0.312 e. The number of nitrogens with zero attached hydrogens (tertiary/aromatic N) is 3. The molecule has 1 aliphatic rings. The molecule has 1 fully saturated rings. The highest BCUT2D eigenvalue weighted by molar-refractivity contribution is 5.10. The number of hydrogen-bond acceptors (Lipinski definition) is 3. The SMILES string of the molecule is CCc1cc(CN2CCN[C@H](C)C2)n(CC)n1. The molecular formula is C13H24N4. The highest BCUT2D eigenvalue weighted by Gasteiger charge is 2.17. The van der Waals surface area contributed by atoms with Crippen molar-refractivity contribution in [1.82, 2.24) is 20.0 Å². The molecule has 0 unspecified atom stereocenters. The normalized spacial score (nSPS) is 21.9. The lowest BCUT2D eigenvalue weighted by Crippen LogP contribution is -2.48. The molecule has 0 radical (unpaired) electrons. The van der Waals surface area contributed by atoms with Gasteiger partial charge >= 0.3 is 0 Å². The van der Waals surface area contributed by atoms with Gasteiger partial charge in [0.15, 0.2) is 0 Å². The Morgan fingerprint density at radius 3 is 2.94 bits per heavy atom. The first-order valence-corrected chi connectivity index (χ1v) is 6.74. The molecule has 0 amide bonds. The lowest BCUT2D eigenvalue weighted by atomic mass is 10.2. The lowest BCUT2D eigenvalue weighted by Gasteiger charge is -2.31. The molecule has 2 heterocycles. The molecule has 0 aliphatic carbocycles. The van der Waals surface area contributed by atoms with Crippen molar-refractivity contribution in [3.8, 4) is 0 Å². The monoisotopic (exact) mass is 236 g/mol. The summed E-state index contributed by atoms with van der Waals surface area (Å²) in [5, 5.41) is 8.08. The quantitative estimate of drug-likeness (QED) is 0.854. The van der Waals surface area contributed by atoms with Crippen molar-refractivity contribution >= 4 is 0 Å². The Labute approximate surface area is 104 Å². The van der Waals surface area contributed by atoms with Gasteiger partial charge in [-0.25, -0.2) is 0 Å². The average molecular weight is 236 g/mol. The number of aromatic nitrogens is 2. The van der Waals surface area contributed by atoms with Crippen LogP contribution in [0.15, 0.2) is 6.07 Å². The van der Waals surface area contributed by atoms with Crippen molar-refractivity contribution in [1.29, 1.82) is 0 Å². The first-order chi connectivity index (χ1) is 8.22. The zero-order valence-electron chi connectivity index (χ0n) is 11.2. The van der Waals surface area contributed by atoms with Crippen molar-refractivity contribution in [2.24, 2.45) is 0 Å². The van der Waals surface area contributed by atoms with Crippen molar-refractivity contribution in [3.63, 3.8) is 0 Å². The minimum absolute atomic E-state index is 0.604. The maximum atomic E-state index is 4.61. The second-order valence-corrected chi connectivity index (χ2v) is 4.89. The molecular weight excluding hydrogens is 212 g/mol. The Morgan fingerprint density at radius 1 is 1.47 bits per heavy atom. The van der Waals surface area contributed by atoms with Crippen LogP contribution in [0.4, 0.5) is 0 Å². The van der Waals surface area contributed by atoms with E-state index in [4.69, 9.17) is 0 Å². The smallest absolute Gasteiger partial charge is 0.0625 e. The van der Waals surface area contributed by atoms with E-state index in [1.165, 1.54) is 11.4 Å². The highest BCUT2D eigenvalue weighted by atomic mass is 15.3. The zero-order valence-corrected chi connectivity index (χ0v) is 11.2. The first kappa shape index (κ1) is 12.6. The Kier molecular flexibility index (Phi) is 4.18. The summed E-state index contributed by atoms with van der Waals surface area (Å²) < 4.78 is 2.14. The number of aryl methyl sites for hydroxylation is 2. The van der Waals surface area contributed by atoms with Crippen LogP contribution < -0.4 is 5.32 Å². The van der Waals surface area contributed by atoms with Gasteiger partial charge in [0, 0.05) is 38.8 Å². The topological polar surface area (TPSA) is 33.1 Å². The molecule has 1 saturated heterocycles. The van der Waals surface area contributed by atoms with Gasteiger partial charge in [0.2, 0.25) is 0 Å². The van der Waals surface area contributed by atoms with E-state index < -0.39 is 0 Å². The molecule has 2 rings (SSSR count). The van der Waals surface area contributed by atoms with Gasteiger partial charge in [-0.15, -0.1) is 0 Å². The van der Waals surface area contributed by atoms with Gasteiger partial charge in [-0.3, -0.25) is 9.58 Å². The van der Waals surface area contributed by atoms with E-state index in [1.807, 2.05) is 0 Å². The van der Waals surface area contributed by atoms with Crippen molar-refractivity contribution in [2.45, 2.75) is 46.3 Å². The third-order valence-corrected chi connectivity index (χ3v) is 3.41. The maximum absolute atomic E-state index is 4.61. The molecule has 1 atom stereocenters. The average Bonchev–Trinajstić information content (AvgIpc) is 2.71. The van der Waals surface area contributed by atoms with Gasteiger partial charge in [-0.2, -0.15) is 5.10 Å². The second-order valence-electron chi connectivity index (χ2n) is 4.89. The molecule has 1 aromatic heterocycles. The van der Waals surface area contributed by atoms with Crippen LogP contribution in [0.1, 0.15) is 32.2 Å². The summed E-state index contributed by atoms with van der Waals surface area (Å²) in [5.74, 6) is 0. The van der Waals surface area contributed by atoms with Crippen LogP contribution in [0.3, 0.4) is 0 Å². The molecule has 96 valence electrons. The molecule has 0 spiro atoms.